The summed E-state index contributed by atoms with van der Waals surface area (Å²) >= 11 is 0. The molecule has 5 nitrogen and oxygen atoms in total. The summed E-state index contributed by atoms with van der Waals surface area (Å²) in [5, 5.41) is 0. The summed E-state index contributed by atoms with van der Waals surface area (Å²) in [6, 6.07) is 3.05. The van der Waals surface area contributed by atoms with Crippen LogP contribution in [-0.4, -0.2) is 19.9 Å². The molecule has 2 rings (SSSR count). The number of pyridine rings is 1. The number of rotatable bonds is 4. The maximum atomic E-state index is 12.1. The summed E-state index contributed by atoms with van der Waals surface area (Å²) in [7, 11) is -3.54. The normalized spacial score (nSPS) is 24.3. The molecule has 0 radical (unpaired) electrons. The van der Waals surface area contributed by atoms with Crippen LogP contribution in [0.25, 0.3) is 0 Å². The number of hydrogen-bond acceptors (Lipinski definition) is 4. The number of nitrogen functional groups attached to an aromatic ring is 1. The first kappa shape index (κ1) is 13.3. The molecule has 3 N–H and O–H groups in total. The third-order valence-electron chi connectivity index (χ3n) is 3.66. The fourth-order valence-electron chi connectivity index (χ4n) is 2.45. The number of hydrogen-bond donors (Lipinski definition) is 2. The first-order valence-corrected chi connectivity index (χ1v) is 7.69. The second-order valence-electron chi connectivity index (χ2n) is 4.91. The molecule has 2 atom stereocenters. The molecule has 1 aliphatic rings. The molecule has 0 aromatic carbocycles. The van der Waals surface area contributed by atoms with Gasteiger partial charge >= 0.3 is 0 Å². The van der Waals surface area contributed by atoms with Crippen molar-refractivity contribution in [2.75, 3.05) is 12.3 Å². The van der Waals surface area contributed by atoms with Crippen molar-refractivity contribution in [3.63, 3.8) is 0 Å². The van der Waals surface area contributed by atoms with Gasteiger partial charge in [0.15, 0.2) is 0 Å². The van der Waals surface area contributed by atoms with Crippen molar-refractivity contribution in [3.05, 3.63) is 18.3 Å². The molecule has 18 heavy (non-hydrogen) atoms. The Morgan fingerprint density at radius 3 is 2.89 bits per heavy atom. The third-order valence-corrected chi connectivity index (χ3v) is 5.13. The number of nitrogens with one attached hydrogen (secondary N) is 1. The lowest BCUT2D eigenvalue weighted by atomic mass is 9.99. The maximum absolute atomic E-state index is 12.1. The molecular weight excluding hydrogens is 250 g/mol. The van der Waals surface area contributed by atoms with E-state index in [1.807, 2.05) is 0 Å². The molecule has 0 spiro atoms. The van der Waals surface area contributed by atoms with Gasteiger partial charge in [-0.1, -0.05) is 19.8 Å². The smallest absolute Gasteiger partial charge is 0.244 e. The van der Waals surface area contributed by atoms with Gasteiger partial charge in [-0.3, -0.25) is 0 Å². The first-order chi connectivity index (χ1) is 8.50. The topological polar surface area (TPSA) is 85.1 Å². The van der Waals surface area contributed by atoms with Crippen molar-refractivity contribution in [1.29, 1.82) is 0 Å². The van der Waals surface area contributed by atoms with Crippen molar-refractivity contribution >= 4 is 15.8 Å². The van der Waals surface area contributed by atoms with Gasteiger partial charge in [0.05, 0.1) is 0 Å². The predicted molar refractivity (Wildman–Crippen MR) is 70.3 cm³/mol. The Balaban J connectivity index is 2.06. The van der Waals surface area contributed by atoms with Crippen molar-refractivity contribution in [2.45, 2.75) is 31.1 Å². The SMILES string of the molecule is CC1CCCC1CNS(=O)(=O)c1cccnc1N. The van der Waals surface area contributed by atoms with Gasteiger partial charge in [0, 0.05) is 12.7 Å². The summed E-state index contributed by atoms with van der Waals surface area (Å²) in [4.78, 5) is 3.86. The summed E-state index contributed by atoms with van der Waals surface area (Å²) in [6.45, 7) is 2.65. The molecule has 6 heteroatoms. The van der Waals surface area contributed by atoms with Crippen LogP contribution in [0.4, 0.5) is 5.82 Å². The molecule has 0 saturated heterocycles. The fourth-order valence-corrected chi connectivity index (χ4v) is 3.62. The molecule has 0 amide bonds. The lowest BCUT2D eigenvalue weighted by molar-refractivity contribution is 0.414. The average molecular weight is 269 g/mol. The minimum Gasteiger partial charge on any atom is -0.383 e. The molecule has 0 aliphatic heterocycles. The first-order valence-electron chi connectivity index (χ1n) is 6.21. The molecule has 1 heterocycles. The zero-order valence-electron chi connectivity index (χ0n) is 10.5. The van der Waals surface area contributed by atoms with Crippen LogP contribution in [-0.2, 0) is 10.0 Å². The van der Waals surface area contributed by atoms with Gasteiger partial charge in [-0.05, 0) is 30.4 Å². The largest absolute Gasteiger partial charge is 0.383 e. The van der Waals surface area contributed by atoms with Crippen LogP contribution in [0.15, 0.2) is 23.2 Å². The van der Waals surface area contributed by atoms with Crippen LogP contribution >= 0.6 is 0 Å². The van der Waals surface area contributed by atoms with E-state index >= 15 is 0 Å². The van der Waals surface area contributed by atoms with Crippen molar-refractivity contribution in [2.24, 2.45) is 11.8 Å². The van der Waals surface area contributed by atoms with Gasteiger partial charge in [-0.25, -0.2) is 18.1 Å². The highest BCUT2D eigenvalue weighted by Gasteiger charge is 2.26. The summed E-state index contributed by atoms with van der Waals surface area (Å²) in [5.74, 6) is 1.06. The van der Waals surface area contributed by atoms with Crippen LogP contribution in [0.2, 0.25) is 0 Å². The van der Waals surface area contributed by atoms with E-state index in [1.54, 1.807) is 6.07 Å². The molecule has 2 unspecified atom stereocenters. The van der Waals surface area contributed by atoms with Crippen LogP contribution in [0.1, 0.15) is 26.2 Å². The molecule has 1 saturated carbocycles. The van der Waals surface area contributed by atoms with Gasteiger partial charge in [0.1, 0.15) is 10.7 Å². The highest BCUT2D eigenvalue weighted by Crippen LogP contribution is 2.30. The second-order valence-corrected chi connectivity index (χ2v) is 6.64. The highest BCUT2D eigenvalue weighted by atomic mass is 32.2. The quantitative estimate of drug-likeness (QED) is 0.864. The van der Waals surface area contributed by atoms with Gasteiger partial charge in [-0.2, -0.15) is 0 Å². The third kappa shape index (κ3) is 2.81. The summed E-state index contributed by atoms with van der Waals surface area (Å²) in [6.07, 6.45) is 4.93. The minimum absolute atomic E-state index is 0.0458. The Morgan fingerprint density at radius 2 is 2.28 bits per heavy atom. The Kier molecular flexibility index (Phi) is 3.87. The molecule has 0 bridgehead atoms. The van der Waals surface area contributed by atoms with Gasteiger partial charge in [0.2, 0.25) is 10.0 Å². The van der Waals surface area contributed by atoms with E-state index in [-0.39, 0.29) is 10.7 Å². The lowest BCUT2D eigenvalue weighted by Crippen LogP contribution is -2.31. The number of nitrogens with two attached hydrogens (primary N) is 1. The van der Waals surface area contributed by atoms with E-state index in [4.69, 9.17) is 5.73 Å². The summed E-state index contributed by atoms with van der Waals surface area (Å²) in [5.41, 5.74) is 5.59. The van der Waals surface area contributed by atoms with E-state index in [2.05, 4.69) is 16.6 Å². The Bertz CT molecular complexity index is 516. The molecule has 100 valence electrons. The molecule has 1 aromatic rings. The zero-order valence-corrected chi connectivity index (χ0v) is 11.3. The Hall–Kier alpha value is -1.14. The number of sulfonamides is 1. The predicted octanol–water partition coefficient (Wildman–Crippen LogP) is 1.38. The van der Waals surface area contributed by atoms with Crippen LogP contribution in [0.5, 0.6) is 0 Å². The van der Waals surface area contributed by atoms with E-state index < -0.39 is 10.0 Å². The molecular formula is C12H19N3O2S. The number of anilines is 1. The monoisotopic (exact) mass is 269 g/mol. The van der Waals surface area contributed by atoms with Crippen molar-refractivity contribution in [1.82, 2.24) is 9.71 Å². The number of aromatic nitrogens is 1. The fraction of sp³-hybridized carbons (Fsp3) is 0.583. The maximum Gasteiger partial charge on any atom is 0.244 e. The van der Waals surface area contributed by atoms with Crippen LogP contribution in [0.3, 0.4) is 0 Å². The molecule has 1 aromatic heterocycles. The standard InChI is InChI=1S/C12H19N3O2S/c1-9-4-2-5-10(9)8-15-18(16,17)11-6-3-7-14-12(11)13/h3,6-7,9-10,15H,2,4-5,8H2,1H3,(H2,13,14). The van der Waals surface area contributed by atoms with E-state index in [0.29, 0.717) is 18.4 Å². The Morgan fingerprint density at radius 1 is 1.50 bits per heavy atom. The van der Waals surface area contributed by atoms with Gasteiger partial charge < -0.3 is 5.73 Å². The molecule has 1 aliphatic carbocycles. The van der Waals surface area contributed by atoms with Crippen molar-refractivity contribution < 1.29 is 8.42 Å². The number of nitrogens with zero attached hydrogens (tertiary/aromatic N) is 1. The zero-order chi connectivity index (χ0) is 13.2. The highest BCUT2D eigenvalue weighted by molar-refractivity contribution is 7.89. The second kappa shape index (κ2) is 5.24. The van der Waals surface area contributed by atoms with E-state index in [9.17, 15) is 8.42 Å². The van der Waals surface area contributed by atoms with Gasteiger partial charge in [-0.15, -0.1) is 0 Å². The van der Waals surface area contributed by atoms with E-state index in [0.717, 1.165) is 6.42 Å². The Labute approximate surface area is 108 Å². The minimum atomic E-state index is -3.54. The average Bonchev–Trinajstić information content (AvgIpc) is 2.73. The van der Waals surface area contributed by atoms with E-state index in [1.165, 1.54) is 25.1 Å². The van der Waals surface area contributed by atoms with Crippen molar-refractivity contribution in [3.8, 4) is 0 Å². The van der Waals surface area contributed by atoms with Crippen LogP contribution in [0, 0.1) is 11.8 Å². The van der Waals surface area contributed by atoms with Gasteiger partial charge in [0.25, 0.3) is 0 Å². The van der Waals surface area contributed by atoms with Crippen LogP contribution < -0.4 is 10.5 Å². The summed E-state index contributed by atoms with van der Waals surface area (Å²) < 4.78 is 26.8. The molecule has 1 fully saturated rings. The lowest BCUT2D eigenvalue weighted by Gasteiger charge is -2.16.